The molecule has 0 radical (unpaired) electrons. The maximum absolute atomic E-state index is 13.2. The number of halogens is 2. The molecule has 0 spiro atoms. The Morgan fingerprint density at radius 3 is 2.89 bits per heavy atom. The van der Waals surface area contributed by atoms with Crippen molar-refractivity contribution in [2.24, 2.45) is 0 Å². The van der Waals surface area contributed by atoms with Crippen LogP contribution in [0, 0.1) is 5.82 Å². The van der Waals surface area contributed by atoms with E-state index in [1.807, 2.05) is 6.07 Å². The van der Waals surface area contributed by atoms with E-state index in [-0.39, 0.29) is 5.82 Å². The van der Waals surface area contributed by atoms with Crippen LogP contribution in [0.4, 0.5) is 10.2 Å². The largest absolute Gasteiger partial charge is 0.382 e. The van der Waals surface area contributed by atoms with Gasteiger partial charge >= 0.3 is 0 Å². The molecule has 0 unspecified atom stereocenters. The van der Waals surface area contributed by atoms with Gasteiger partial charge in [0.1, 0.15) is 5.82 Å². The Bertz CT molecular complexity index is 738. The fraction of sp³-hybridized carbons (Fsp3) is 0. The van der Waals surface area contributed by atoms with Crippen molar-refractivity contribution >= 4 is 32.8 Å². The van der Waals surface area contributed by atoms with E-state index in [0.29, 0.717) is 17.2 Å². The zero-order chi connectivity index (χ0) is 12.7. The molecule has 0 aliphatic carbocycles. The Hall–Kier alpha value is -1.95. The molecular formula is C12H8BrFN4. The van der Waals surface area contributed by atoms with Crippen LogP contribution in [0.1, 0.15) is 0 Å². The van der Waals surface area contributed by atoms with Crippen LogP contribution in [-0.2, 0) is 0 Å². The SMILES string of the molecule is Nc1nn(-c2cccc(F)c2)c2ncc(Br)cc12. The van der Waals surface area contributed by atoms with Gasteiger partial charge in [-0.25, -0.2) is 14.1 Å². The van der Waals surface area contributed by atoms with Gasteiger partial charge in [-0.05, 0) is 40.2 Å². The Kier molecular flexibility index (Phi) is 2.52. The highest BCUT2D eigenvalue weighted by atomic mass is 79.9. The van der Waals surface area contributed by atoms with Gasteiger partial charge in [0.05, 0.1) is 11.1 Å². The van der Waals surface area contributed by atoms with E-state index in [9.17, 15) is 4.39 Å². The summed E-state index contributed by atoms with van der Waals surface area (Å²) in [6.45, 7) is 0. The third-order valence-corrected chi connectivity index (χ3v) is 3.00. The van der Waals surface area contributed by atoms with Crippen molar-refractivity contribution in [2.75, 3.05) is 5.73 Å². The molecule has 0 aliphatic heterocycles. The minimum atomic E-state index is -0.327. The molecule has 0 atom stereocenters. The van der Waals surface area contributed by atoms with Crippen LogP contribution >= 0.6 is 15.9 Å². The molecule has 3 rings (SSSR count). The number of rotatable bonds is 1. The fourth-order valence-corrected chi connectivity index (χ4v) is 2.12. The van der Waals surface area contributed by atoms with Crippen molar-refractivity contribution in [2.45, 2.75) is 0 Å². The van der Waals surface area contributed by atoms with Gasteiger partial charge in [-0.15, -0.1) is 5.10 Å². The quantitative estimate of drug-likeness (QED) is 0.752. The second-order valence-corrected chi connectivity index (χ2v) is 4.72. The number of nitrogens with two attached hydrogens (primary N) is 1. The van der Waals surface area contributed by atoms with Gasteiger partial charge in [-0.2, -0.15) is 0 Å². The Balaban J connectivity index is 2.30. The molecule has 2 heterocycles. The molecule has 0 fully saturated rings. The van der Waals surface area contributed by atoms with E-state index in [4.69, 9.17) is 5.73 Å². The Morgan fingerprint density at radius 1 is 1.28 bits per heavy atom. The molecule has 4 nitrogen and oxygen atoms in total. The molecule has 0 aliphatic rings. The van der Waals surface area contributed by atoms with Gasteiger partial charge in [-0.1, -0.05) is 6.07 Å². The number of hydrogen-bond donors (Lipinski definition) is 1. The van der Waals surface area contributed by atoms with E-state index in [1.165, 1.54) is 16.8 Å². The van der Waals surface area contributed by atoms with Gasteiger partial charge in [0, 0.05) is 10.7 Å². The third kappa shape index (κ3) is 1.74. The maximum atomic E-state index is 13.2. The van der Waals surface area contributed by atoms with E-state index < -0.39 is 0 Å². The predicted octanol–water partition coefficient (Wildman–Crippen LogP) is 2.90. The molecule has 1 aromatic carbocycles. The molecule has 2 aromatic heterocycles. The maximum Gasteiger partial charge on any atom is 0.165 e. The lowest BCUT2D eigenvalue weighted by molar-refractivity contribution is 0.626. The Morgan fingerprint density at radius 2 is 2.11 bits per heavy atom. The lowest BCUT2D eigenvalue weighted by Crippen LogP contribution is -1.98. The first kappa shape index (κ1) is 11.2. The number of anilines is 1. The zero-order valence-corrected chi connectivity index (χ0v) is 10.7. The molecule has 3 aromatic rings. The molecule has 0 amide bonds. The van der Waals surface area contributed by atoms with Crippen LogP contribution in [0.3, 0.4) is 0 Å². The molecule has 18 heavy (non-hydrogen) atoms. The van der Waals surface area contributed by atoms with Gasteiger partial charge in [-0.3, -0.25) is 0 Å². The number of hydrogen-bond acceptors (Lipinski definition) is 3. The standard InChI is InChI=1S/C12H8BrFN4/c13-7-4-10-11(15)17-18(12(10)16-6-7)9-3-1-2-8(14)5-9/h1-6H,(H2,15,17). The van der Waals surface area contributed by atoms with E-state index >= 15 is 0 Å². The van der Waals surface area contributed by atoms with Crippen molar-refractivity contribution < 1.29 is 4.39 Å². The normalized spacial score (nSPS) is 11.0. The lowest BCUT2D eigenvalue weighted by atomic mass is 10.3. The van der Waals surface area contributed by atoms with Crippen LogP contribution in [0.15, 0.2) is 41.0 Å². The average Bonchev–Trinajstić information content (AvgIpc) is 2.67. The summed E-state index contributed by atoms with van der Waals surface area (Å²) in [4.78, 5) is 4.26. The molecule has 0 saturated heterocycles. The summed E-state index contributed by atoms with van der Waals surface area (Å²) >= 11 is 3.33. The minimum Gasteiger partial charge on any atom is -0.382 e. The van der Waals surface area contributed by atoms with Crippen LogP contribution < -0.4 is 5.73 Å². The number of nitrogen functional groups attached to an aromatic ring is 1. The second-order valence-electron chi connectivity index (χ2n) is 3.80. The van der Waals surface area contributed by atoms with Gasteiger partial charge < -0.3 is 5.73 Å². The number of aromatic nitrogens is 3. The van der Waals surface area contributed by atoms with E-state index in [1.54, 1.807) is 18.3 Å². The summed E-state index contributed by atoms with van der Waals surface area (Å²) in [6, 6.07) is 7.96. The number of pyridine rings is 1. The monoisotopic (exact) mass is 306 g/mol. The van der Waals surface area contributed by atoms with Crippen molar-refractivity contribution in [3.63, 3.8) is 0 Å². The summed E-state index contributed by atoms with van der Waals surface area (Å²) in [5, 5.41) is 4.92. The lowest BCUT2D eigenvalue weighted by Gasteiger charge is -2.02. The first-order valence-corrected chi connectivity index (χ1v) is 6.00. The average molecular weight is 307 g/mol. The number of benzene rings is 1. The number of nitrogens with zero attached hydrogens (tertiary/aromatic N) is 3. The highest BCUT2D eigenvalue weighted by molar-refractivity contribution is 9.10. The smallest absolute Gasteiger partial charge is 0.165 e. The topological polar surface area (TPSA) is 56.7 Å². The highest BCUT2D eigenvalue weighted by Crippen LogP contribution is 2.24. The van der Waals surface area contributed by atoms with Gasteiger partial charge in [0.25, 0.3) is 0 Å². The predicted molar refractivity (Wildman–Crippen MR) is 70.9 cm³/mol. The summed E-state index contributed by atoms with van der Waals surface area (Å²) < 4.78 is 15.6. The van der Waals surface area contributed by atoms with E-state index in [2.05, 4.69) is 26.0 Å². The zero-order valence-electron chi connectivity index (χ0n) is 9.14. The summed E-state index contributed by atoms with van der Waals surface area (Å²) in [5.74, 6) is 0.0369. The highest BCUT2D eigenvalue weighted by Gasteiger charge is 2.11. The summed E-state index contributed by atoms with van der Waals surface area (Å²) in [7, 11) is 0. The molecular weight excluding hydrogens is 299 g/mol. The fourth-order valence-electron chi connectivity index (χ4n) is 1.79. The molecule has 0 saturated carbocycles. The first-order valence-electron chi connectivity index (χ1n) is 5.21. The third-order valence-electron chi connectivity index (χ3n) is 2.57. The van der Waals surface area contributed by atoms with Crippen molar-refractivity contribution in [3.05, 3.63) is 46.8 Å². The van der Waals surface area contributed by atoms with E-state index in [0.717, 1.165) is 9.86 Å². The summed E-state index contributed by atoms with van der Waals surface area (Å²) in [6.07, 6.45) is 1.65. The number of fused-ring (bicyclic) bond motifs is 1. The van der Waals surface area contributed by atoms with Crippen molar-refractivity contribution in [1.82, 2.24) is 14.8 Å². The molecule has 0 bridgehead atoms. The second kappa shape index (κ2) is 4.06. The first-order chi connectivity index (χ1) is 8.65. The molecule has 90 valence electrons. The van der Waals surface area contributed by atoms with Crippen molar-refractivity contribution in [3.8, 4) is 5.69 Å². The van der Waals surface area contributed by atoms with Gasteiger partial charge in [0.15, 0.2) is 11.5 Å². The van der Waals surface area contributed by atoms with Crippen molar-refractivity contribution in [1.29, 1.82) is 0 Å². The van der Waals surface area contributed by atoms with Crippen LogP contribution in [0.2, 0.25) is 0 Å². The Labute approximate surface area is 110 Å². The summed E-state index contributed by atoms with van der Waals surface area (Å²) in [5.41, 5.74) is 7.02. The van der Waals surface area contributed by atoms with Crippen LogP contribution in [0.25, 0.3) is 16.7 Å². The minimum absolute atomic E-state index is 0.327. The van der Waals surface area contributed by atoms with Crippen LogP contribution in [-0.4, -0.2) is 14.8 Å². The molecule has 2 N–H and O–H groups in total. The van der Waals surface area contributed by atoms with Crippen LogP contribution in [0.5, 0.6) is 0 Å². The van der Waals surface area contributed by atoms with Gasteiger partial charge in [0.2, 0.25) is 0 Å². The molecule has 6 heteroatoms.